The summed E-state index contributed by atoms with van der Waals surface area (Å²) >= 11 is 0. The average molecular weight is 96.2 g/mol. The molecule has 0 aromatic rings. The molecular formula is C7H12. The molecule has 0 heteroatoms. The highest BCUT2D eigenvalue weighted by Gasteiger charge is 2.16. The number of allylic oxidation sites excluding steroid dienone is 2. The molecule has 0 aromatic carbocycles. The highest BCUT2D eigenvalue weighted by Crippen LogP contribution is 2.27. The summed E-state index contributed by atoms with van der Waals surface area (Å²) in [7, 11) is 0. The van der Waals surface area contributed by atoms with E-state index in [1.165, 1.54) is 6.42 Å². The smallest absolute Gasteiger partial charge is 0.00275 e. The lowest BCUT2D eigenvalue weighted by atomic mass is 10.0. The van der Waals surface area contributed by atoms with E-state index in [-0.39, 0.29) is 0 Å². The zero-order chi connectivity index (χ0) is 5.28. The molecule has 0 aliphatic heterocycles. The lowest BCUT2D eigenvalue weighted by Gasteiger charge is -2.02. The van der Waals surface area contributed by atoms with Gasteiger partial charge in [-0.25, -0.2) is 0 Å². The van der Waals surface area contributed by atoms with Gasteiger partial charge in [0.25, 0.3) is 0 Å². The van der Waals surface area contributed by atoms with E-state index in [1.807, 2.05) is 0 Å². The van der Waals surface area contributed by atoms with Gasteiger partial charge in [0.15, 0.2) is 0 Å². The molecule has 0 nitrogen and oxygen atoms in total. The van der Waals surface area contributed by atoms with Gasteiger partial charge in [-0.2, -0.15) is 0 Å². The topological polar surface area (TPSA) is 0 Å². The Bertz CT molecular complexity index is 76.0. The first-order valence-corrected chi connectivity index (χ1v) is 3.03. The fraction of sp³-hybridized carbons (Fsp3) is 0.714. The molecule has 0 amide bonds. The summed E-state index contributed by atoms with van der Waals surface area (Å²) in [5.74, 6) is 1.77. The minimum Gasteiger partial charge on any atom is -0.0808 e. The van der Waals surface area contributed by atoms with Gasteiger partial charge in [-0.15, -0.1) is 0 Å². The van der Waals surface area contributed by atoms with Crippen molar-refractivity contribution in [3.63, 3.8) is 0 Å². The molecule has 40 valence electrons. The van der Waals surface area contributed by atoms with Crippen LogP contribution in [0.2, 0.25) is 0 Å². The predicted molar refractivity (Wildman–Crippen MR) is 32.1 cm³/mol. The van der Waals surface area contributed by atoms with E-state index in [1.54, 1.807) is 0 Å². The maximum atomic E-state index is 2.30. The van der Waals surface area contributed by atoms with Crippen LogP contribution in [-0.2, 0) is 0 Å². The molecule has 1 aliphatic carbocycles. The van der Waals surface area contributed by atoms with Crippen molar-refractivity contribution in [2.24, 2.45) is 11.8 Å². The van der Waals surface area contributed by atoms with Gasteiger partial charge in [0.2, 0.25) is 0 Å². The fourth-order valence-corrected chi connectivity index (χ4v) is 0.716. The first kappa shape index (κ1) is 4.89. The predicted octanol–water partition coefficient (Wildman–Crippen LogP) is 2.22. The zero-order valence-corrected chi connectivity index (χ0v) is 5.02. The van der Waals surface area contributed by atoms with E-state index in [0.717, 1.165) is 11.8 Å². The van der Waals surface area contributed by atoms with Crippen LogP contribution >= 0.6 is 0 Å². The van der Waals surface area contributed by atoms with Crippen molar-refractivity contribution in [1.82, 2.24) is 0 Å². The first-order valence-electron chi connectivity index (χ1n) is 3.03. The number of rotatable bonds is 2. The van der Waals surface area contributed by atoms with Crippen molar-refractivity contribution >= 4 is 0 Å². The molecule has 0 heterocycles. The Morgan fingerprint density at radius 2 is 2.14 bits per heavy atom. The maximum absolute atomic E-state index is 2.30. The molecule has 0 N–H and O–H groups in total. The third kappa shape index (κ3) is 1.05. The van der Waals surface area contributed by atoms with E-state index in [4.69, 9.17) is 0 Å². The number of hydrogen-bond acceptors (Lipinski definition) is 0. The molecule has 0 bridgehead atoms. The zero-order valence-electron chi connectivity index (χ0n) is 5.02. The third-order valence-corrected chi connectivity index (χ3v) is 1.72. The molecule has 1 aliphatic rings. The molecule has 7 heavy (non-hydrogen) atoms. The second-order valence-electron chi connectivity index (χ2n) is 2.35. The summed E-state index contributed by atoms with van der Waals surface area (Å²) in [6.45, 7) is 4.54. The van der Waals surface area contributed by atoms with Crippen LogP contribution in [-0.4, -0.2) is 0 Å². The Kier molecular flexibility index (Phi) is 1.18. The van der Waals surface area contributed by atoms with Gasteiger partial charge < -0.3 is 0 Å². The van der Waals surface area contributed by atoms with Crippen LogP contribution in [0.15, 0.2) is 12.2 Å². The fourth-order valence-electron chi connectivity index (χ4n) is 0.716. The summed E-state index contributed by atoms with van der Waals surface area (Å²) in [4.78, 5) is 0. The molecule has 0 radical (unpaired) electrons. The van der Waals surface area contributed by atoms with Crippen molar-refractivity contribution in [3.8, 4) is 0 Å². The Balaban J connectivity index is 2.12. The standard InChI is InChI=1S/C7H12/c1-3-6(2)7-4-5-7/h4-7H,3H2,1-2H3. The second-order valence-corrected chi connectivity index (χ2v) is 2.35. The summed E-state index contributed by atoms with van der Waals surface area (Å²) in [5.41, 5.74) is 0. The second kappa shape index (κ2) is 1.69. The van der Waals surface area contributed by atoms with Crippen LogP contribution in [0, 0.1) is 11.8 Å². The largest absolute Gasteiger partial charge is 0.0808 e. The highest BCUT2D eigenvalue weighted by molar-refractivity contribution is 5.14. The monoisotopic (exact) mass is 96.1 g/mol. The van der Waals surface area contributed by atoms with Crippen LogP contribution < -0.4 is 0 Å². The summed E-state index contributed by atoms with van der Waals surface area (Å²) in [5, 5.41) is 0. The van der Waals surface area contributed by atoms with E-state index in [9.17, 15) is 0 Å². The van der Waals surface area contributed by atoms with Gasteiger partial charge in [0.05, 0.1) is 0 Å². The minimum atomic E-state index is 0.866. The van der Waals surface area contributed by atoms with Crippen LogP contribution in [0.3, 0.4) is 0 Å². The molecule has 0 saturated heterocycles. The average Bonchev–Trinajstić information content (AvgIpc) is 2.44. The quantitative estimate of drug-likeness (QED) is 0.462. The molecule has 0 saturated carbocycles. The SMILES string of the molecule is CCC(C)C1C=C1. The van der Waals surface area contributed by atoms with Crippen molar-refractivity contribution in [2.75, 3.05) is 0 Å². The number of hydrogen-bond donors (Lipinski definition) is 0. The van der Waals surface area contributed by atoms with E-state index in [0.29, 0.717) is 0 Å². The Labute approximate surface area is 45.2 Å². The van der Waals surface area contributed by atoms with Crippen molar-refractivity contribution < 1.29 is 0 Å². The summed E-state index contributed by atoms with van der Waals surface area (Å²) < 4.78 is 0. The van der Waals surface area contributed by atoms with Crippen LogP contribution in [0.4, 0.5) is 0 Å². The lowest BCUT2D eigenvalue weighted by Crippen LogP contribution is -1.93. The van der Waals surface area contributed by atoms with Gasteiger partial charge in [-0.1, -0.05) is 32.4 Å². The molecule has 1 atom stereocenters. The van der Waals surface area contributed by atoms with Gasteiger partial charge in [0.1, 0.15) is 0 Å². The van der Waals surface area contributed by atoms with Crippen LogP contribution in [0.1, 0.15) is 20.3 Å². The molecular weight excluding hydrogens is 84.1 g/mol. The maximum Gasteiger partial charge on any atom is -0.00275 e. The van der Waals surface area contributed by atoms with Gasteiger partial charge in [0, 0.05) is 0 Å². The van der Waals surface area contributed by atoms with Crippen molar-refractivity contribution in [3.05, 3.63) is 12.2 Å². The van der Waals surface area contributed by atoms with Gasteiger partial charge >= 0.3 is 0 Å². The Morgan fingerprint density at radius 3 is 2.29 bits per heavy atom. The van der Waals surface area contributed by atoms with E-state index >= 15 is 0 Å². The van der Waals surface area contributed by atoms with Crippen LogP contribution in [0.25, 0.3) is 0 Å². The first-order chi connectivity index (χ1) is 3.34. The molecule has 0 fully saturated rings. The Hall–Kier alpha value is -0.260. The minimum absolute atomic E-state index is 0.866. The highest BCUT2D eigenvalue weighted by atomic mass is 14.2. The van der Waals surface area contributed by atoms with E-state index < -0.39 is 0 Å². The summed E-state index contributed by atoms with van der Waals surface area (Å²) in [6.07, 6.45) is 5.86. The lowest BCUT2D eigenvalue weighted by molar-refractivity contribution is 0.523. The third-order valence-electron chi connectivity index (χ3n) is 1.72. The van der Waals surface area contributed by atoms with E-state index in [2.05, 4.69) is 26.0 Å². The van der Waals surface area contributed by atoms with Gasteiger partial charge in [-0.05, 0) is 11.8 Å². The van der Waals surface area contributed by atoms with Crippen molar-refractivity contribution in [1.29, 1.82) is 0 Å². The normalized spacial score (nSPS) is 22.6. The van der Waals surface area contributed by atoms with Crippen molar-refractivity contribution in [2.45, 2.75) is 20.3 Å². The summed E-state index contributed by atoms with van der Waals surface area (Å²) in [6, 6.07) is 0. The molecule has 1 rings (SSSR count). The molecule has 0 aromatic heterocycles. The molecule has 0 spiro atoms. The Morgan fingerprint density at radius 1 is 1.57 bits per heavy atom. The van der Waals surface area contributed by atoms with Gasteiger partial charge in [-0.3, -0.25) is 0 Å². The molecule has 1 unspecified atom stereocenters. The van der Waals surface area contributed by atoms with Crippen LogP contribution in [0.5, 0.6) is 0 Å².